The van der Waals surface area contributed by atoms with Crippen LogP contribution in [0.3, 0.4) is 0 Å². The van der Waals surface area contributed by atoms with Crippen LogP contribution in [0.15, 0.2) is 84.8 Å². The van der Waals surface area contributed by atoms with Crippen molar-refractivity contribution in [2.75, 3.05) is 25.5 Å². The molecule has 7 nitrogen and oxygen atoms in total. The molecule has 0 saturated carbocycles. The summed E-state index contributed by atoms with van der Waals surface area (Å²) >= 11 is 5.16. The van der Waals surface area contributed by atoms with E-state index < -0.39 is 15.9 Å². The van der Waals surface area contributed by atoms with Gasteiger partial charge in [-0.15, -0.1) is 13.2 Å². The molecule has 0 aliphatic carbocycles. The number of sulfonamides is 1. The number of nitrogens with zero attached hydrogens (tertiary/aromatic N) is 1. The Morgan fingerprint density at radius 3 is 2.31 bits per heavy atom. The van der Waals surface area contributed by atoms with Gasteiger partial charge in [0.05, 0.1) is 12.0 Å². The SMILES string of the molecule is C=CCN(CC=C)S(=O)(=O)c1ccc(NC(=S)NC(=O)/C=C/c2ccccc2OC)cc1. The van der Waals surface area contributed by atoms with Crippen molar-refractivity contribution in [2.24, 2.45) is 0 Å². The Labute approximate surface area is 194 Å². The molecule has 9 heteroatoms. The highest BCUT2D eigenvalue weighted by Gasteiger charge is 2.22. The van der Waals surface area contributed by atoms with Gasteiger partial charge in [0, 0.05) is 30.4 Å². The lowest BCUT2D eigenvalue weighted by molar-refractivity contribution is -0.115. The number of hydrogen-bond donors (Lipinski definition) is 2. The Balaban J connectivity index is 2.00. The molecule has 0 bridgehead atoms. The number of carbonyl (C=O) groups is 1. The zero-order valence-electron chi connectivity index (χ0n) is 17.7. The van der Waals surface area contributed by atoms with Crippen molar-refractivity contribution in [3.8, 4) is 5.75 Å². The first-order chi connectivity index (χ1) is 15.3. The molecule has 0 radical (unpaired) electrons. The van der Waals surface area contributed by atoms with E-state index in [1.54, 1.807) is 31.4 Å². The summed E-state index contributed by atoms with van der Waals surface area (Å²) in [4.78, 5) is 12.3. The number of nitrogens with one attached hydrogen (secondary N) is 2. The van der Waals surface area contributed by atoms with E-state index in [4.69, 9.17) is 17.0 Å². The third-order valence-corrected chi connectivity index (χ3v) is 6.26. The van der Waals surface area contributed by atoms with Crippen LogP contribution >= 0.6 is 12.2 Å². The summed E-state index contributed by atoms with van der Waals surface area (Å²) in [6, 6.07) is 13.3. The van der Waals surface area contributed by atoms with E-state index in [0.29, 0.717) is 11.4 Å². The second-order valence-electron chi connectivity index (χ2n) is 6.44. The van der Waals surface area contributed by atoms with Gasteiger partial charge in [-0.1, -0.05) is 30.4 Å². The molecular formula is C23H25N3O4S2. The minimum absolute atomic E-state index is 0.0789. The van der Waals surface area contributed by atoms with Gasteiger partial charge in [0.1, 0.15) is 5.75 Å². The van der Waals surface area contributed by atoms with Crippen LogP contribution in [-0.4, -0.2) is 43.9 Å². The van der Waals surface area contributed by atoms with Gasteiger partial charge in [-0.2, -0.15) is 4.31 Å². The van der Waals surface area contributed by atoms with Gasteiger partial charge in [0.2, 0.25) is 15.9 Å². The highest BCUT2D eigenvalue weighted by Crippen LogP contribution is 2.19. The lowest BCUT2D eigenvalue weighted by Gasteiger charge is -2.19. The molecule has 0 aliphatic rings. The summed E-state index contributed by atoms with van der Waals surface area (Å²) in [5.41, 5.74) is 1.28. The van der Waals surface area contributed by atoms with Crippen LogP contribution in [0.2, 0.25) is 0 Å². The molecule has 2 rings (SSSR count). The molecule has 0 heterocycles. The Kier molecular flexibility index (Phi) is 9.33. The van der Waals surface area contributed by atoms with E-state index >= 15 is 0 Å². The molecule has 0 unspecified atom stereocenters. The number of methoxy groups -OCH3 is 1. The van der Waals surface area contributed by atoms with Gasteiger partial charge in [0.25, 0.3) is 0 Å². The molecule has 0 saturated heterocycles. The lowest BCUT2D eigenvalue weighted by atomic mass is 10.2. The number of anilines is 1. The zero-order valence-corrected chi connectivity index (χ0v) is 19.3. The van der Waals surface area contributed by atoms with Crippen molar-refractivity contribution in [2.45, 2.75) is 4.90 Å². The first-order valence-corrected chi connectivity index (χ1v) is 11.4. The zero-order chi connectivity index (χ0) is 23.6. The van der Waals surface area contributed by atoms with Gasteiger partial charge in [-0.05, 0) is 48.6 Å². The largest absolute Gasteiger partial charge is 0.496 e. The fraction of sp³-hybridized carbons (Fsp3) is 0.130. The van der Waals surface area contributed by atoms with Crippen molar-refractivity contribution >= 4 is 45.0 Å². The molecule has 168 valence electrons. The number of hydrogen-bond acceptors (Lipinski definition) is 5. The molecule has 0 aliphatic heterocycles. The van der Waals surface area contributed by atoms with E-state index in [1.165, 1.54) is 34.7 Å². The van der Waals surface area contributed by atoms with Crippen LogP contribution in [-0.2, 0) is 14.8 Å². The maximum Gasteiger partial charge on any atom is 0.250 e. The van der Waals surface area contributed by atoms with E-state index in [2.05, 4.69) is 23.8 Å². The van der Waals surface area contributed by atoms with E-state index in [0.717, 1.165) is 5.56 Å². The predicted molar refractivity (Wildman–Crippen MR) is 132 cm³/mol. The first-order valence-electron chi connectivity index (χ1n) is 9.57. The third kappa shape index (κ3) is 6.88. The second kappa shape index (κ2) is 11.9. The highest BCUT2D eigenvalue weighted by atomic mass is 32.2. The van der Waals surface area contributed by atoms with E-state index in [1.807, 2.05) is 18.2 Å². The van der Waals surface area contributed by atoms with Crippen molar-refractivity contribution in [1.82, 2.24) is 9.62 Å². The molecule has 0 fully saturated rings. The molecule has 2 aromatic rings. The molecule has 0 atom stereocenters. The normalized spacial score (nSPS) is 11.2. The maximum atomic E-state index is 12.7. The van der Waals surface area contributed by atoms with Gasteiger partial charge in [-0.25, -0.2) is 8.42 Å². The van der Waals surface area contributed by atoms with Crippen molar-refractivity contribution in [3.05, 3.63) is 85.5 Å². The number of amides is 1. The molecule has 32 heavy (non-hydrogen) atoms. The van der Waals surface area contributed by atoms with Crippen LogP contribution in [0.4, 0.5) is 5.69 Å². The van der Waals surface area contributed by atoms with Gasteiger partial charge in [-0.3, -0.25) is 10.1 Å². The Morgan fingerprint density at radius 2 is 1.72 bits per heavy atom. The first kappa shape index (κ1) is 25.0. The molecular weight excluding hydrogens is 446 g/mol. The summed E-state index contributed by atoms with van der Waals surface area (Å²) in [5.74, 6) is 0.226. The maximum absolute atomic E-state index is 12.7. The minimum atomic E-state index is -3.69. The number of ether oxygens (including phenoxy) is 1. The smallest absolute Gasteiger partial charge is 0.250 e. The summed E-state index contributed by atoms with van der Waals surface area (Å²) in [7, 11) is -2.13. The summed E-state index contributed by atoms with van der Waals surface area (Å²) in [5, 5.41) is 5.47. The van der Waals surface area contributed by atoms with Gasteiger partial charge >= 0.3 is 0 Å². The number of para-hydroxylation sites is 1. The number of benzene rings is 2. The van der Waals surface area contributed by atoms with Crippen LogP contribution in [0.25, 0.3) is 6.08 Å². The van der Waals surface area contributed by atoms with Crippen molar-refractivity contribution in [1.29, 1.82) is 0 Å². The minimum Gasteiger partial charge on any atom is -0.496 e. The van der Waals surface area contributed by atoms with E-state index in [9.17, 15) is 13.2 Å². The molecule has 0 spiro atoms. The molecule has 2 aromatic carbocycles. The third-order valence-electron chi connectivity index (χ3n) is 4.21. The second-order valence-corrected chi connectivity index (χ2v) is 8.79. The molecule has 1 amide bonds. The highest BCUT2D eigenvalue weighted by molar-refractivity contribution is 7.89. The van der Waals surface area contributed by atoms with Crippen LogP contribution < -0.4 is 15.4 Å². The Bertz CT molecular complexity index is 1100. The van der Waals surface area contributed by atoms with Gasteiger partial charge in [0.15, 0.2) is 5.11 Å². The average Bonchev–Trinajstić information content (AvgIpc) is 2.78. The molecule has 2 N–H and O–H groups in total. The fourth-order valence-corrected chi connectivity index (χ4v) is 4.30. The van der Waals surface area contributed by atoms with E-state index in [-0.39, 0.29) is 23.1 Å². The Morgan fingerprint density at radius 1 is 1.09 bits per heavy atom. The monoisotopic (exact) mass is 471 g/mol. The lowest BCUT2D eigenvalue weighted by Crippen LogP contribution is -2.33. The van der Waals surface area contributed by atoms with Crippen LogP contribution in [0.5, 0.6) is 5.75 Å². The number of carbonyl (C=O) groups excluding carboxylic acids is 1. The van der Waals surface area contributed by atoms with Crippen molar-refractivity contribution < 1.29 is 17.9 Å². The summed E-state index contributed by atoms with van der Waals surface area (Å²) in [6.07, 6.45) is 5.99. The fourth-order valence-electron chi connectivity index (χ4n) is 2.70. The Hall–Kier alpha value is -3.27. The standard InChI is InChI=1S/C23H25N3O4S2/c1-4-16-26(17-5-2)32(28,29)20-13-11-19(12-14-20)24-23(31)25-22(27)15-10-18-8-6-7-9-21(18)30-3/h4-15H,1-2,16-17H2,3H3,(H2,24,25,27,31)/b15-10+. The number of rotatable bonds is 10. The average molecular weight is 472 g/mol. The topological polar surface area (TPSA) is 87.7 Å². The predicted octanol–water partition coefficient (Wildman–Crippen LogP) is 3.58. The summed E-state index contributed by atoms with van der Waals surface area (Å²) < 4.78 is 32.0. The quantitative estimate of drug-likeness (QED) is 0.313. The van der Waals surface area contributed by atoms with Crippen LogP contribution in [0.1, 0.15) is 5.56 Å². The summed E-state index contributed by atoms with van der Waals surface area (Å²) in [6.45, 7) is 7.52. The van der Waals surface area contributed by atoms with Crippen molar-refractivity contribution in [3.63, 3.8) is 0 Å². The van der Waals surface area contributed by atoms with Crippen LogP contribution in [0, 0.1) is 0 Å². The molecule has 0 aromatic heterocycles. The van der Waals surface area contributed by atoms with Gasteiger partial charge < -0.3 is 10.1 Å². The number of thiocarbonyl (C=S) groups is 1.